The summed E-state index contributed by atoms with van der Waals surface area (Å²) in [5.41, 5.74) is 2.14. The third-order valence-corrected chi connectivity index (χ3v) is 4.75. The number of benzene rings is 1. The molecule has 0 radical (unpaired) electrons. The van der Waals surface area contributed by atoms with E-state index in [9.17, 15) is 9.18 Å². The molecule has 0 fully saturated rings. The van der Waals surface area contributed by atoms with Crippen molar-refractivity contribution in [3.63, 3.8) is 0 Å². The summed E-state index contributed by atoms with van der Waals surface area (Å²) in [5.74, 6) is 0.401. The number of aliphatic imine (C=N–C) groups is 1. The van der Waals surface area contributed by atoms with Crippen LogP contribution in [-0.4, -0.2) is 38.5 Å². The van der Waals surface area contributed by atoms with Crippen LogP contribution in [0.15, 0.2) is 40.0 Å². The van der Waals surface area contributed by atoms with Crippen LogP contribution in [0.3, 0.4) is 0 Å². The van der Waals surface area contributed by atoms with Crippen molar-refractivity contribution in [2.45, 2.75) is 19.8 Å². The topological polar surface area (TPSA) is 65.5 Å². The van der Waals surface area contributed by atoms with Gasteiger partial charge in [0, 0.05) is 32.2 Å². The Kier molecular flexibility index (Phi) is 7.59. The van der Waals surface area contributed by atoms with Gasteiger partial charge in [0.2, 0.25) is 0 Å². The SMILES string of the molecule is CN=C(NCCNC(=O)c1ccc(C)c(F)c1)NCC(C)c1ccsc1. The number of nitrogens with zero attached hydrogens (tertiary/aromatic N) is 1. The van der Waals surface area contributed by atoms with Gasteiger partial charge in [-0.05, 0) is 52.9 Å². The molecule has 1 aromatic carbocycles. The molecule has 0 saturated carbocycles. The molecule has 1 aromatic heterocycles. The molecule has 0 aliphatic carbocycles. The van der Waals surface area contributed by atoms with Gasteiger partial charge in [0.05, 0.1) is 0 Å². The molecule has 1 unspecified atom stereocenters. The molecule has 0 aliphatic heterocycles. The van der Waals surface area contributed by atoms with Gasteiger partial charge in [-0.2, -0.15) is 11.3 Å². The molecule has 0 spiro atoms. The molecular weight excluding hydrogens is 351 g/mol. The van der Waals surface area contributed by atoms with E-state index in [1.165, 1.54) is 11.6 Å². The summed E-state index contributed by atoms with van der Waals surface area (Å²) < 4.78 is 13.5. The van der Waals surface area contributed by atoms with E-state index in [-0.39, 0.29) is 11.7 Å². The fourth-order valence-corrected chi connectivity index (χ4v) is 3.12. The number of hydrogen-bond acceptors (Lipinski definition) is 3. The van der Waals surface area contributed by atoms with Crippen LogP contribution in [0.2, 0.25) is 0 Å². The molecule has 26 heavy (non-hydrogen) atoms. The Morgan fingerprint density at radius 2 is 2.00 bits per heavy atom. The number of rotatable bonds is 7. The van der Waals surface area contributed by atoms with Crippen molar-refractivity contribution in [2.75, 3.05) is 26.7 Å². The van der Waals surface area contributed by atoms with Gasteiger partial charge in [0.15, 0.2) is 5.96 Å². The third kappa shape index (κ3) is 5.84. The zero-order valence-electron chi connectivity index (χ0n) is 15.3. The van der Waals surface area contributed by atoms with Crippen molar-refractivity contribution in [1.82, 2.24) is 16.0 Å². The van der Waals surface area contributed by atoms with Crippen LogP contribution >= 0.6 is 11.3 Å². The Hall–Kier alpha value is -2.41. The van der Waals surface area contributed by atoms with Crippen molar-refractivity contribution >= 4 is 23.2 Å². The van der Waals surface area contributed by atoms with E-state index in [2.05, 4.69) is 44.7 Å². The van der Waals surface area contributed by atoms with Crippen molar-refractivity contribution < 1.29 is 9.18 Å². The highest BCUT2D eigenvalue weighted by Crippen LogP contribution is 2.16. The highest BCUT2D eigenvalue weighted by molar-refractivity contribution is 7.07. The summed E-state index contributed by atoms with van der Waals surface area (Å²) in [6, 6.07) is 6.59. The minimum Gasteiger partial charge on any atom is -0.356 e. The lowest BCUT2D eigenvalue weighted by Gasteiger charge is -2.15. The average molecular weight is 377 g/mol. The summed E-state index contributed by atoms with van der Waals surface area (Å²) in [6.07, 6.45) is 0. The molecule has 140 valence electrons. The maximum absolute atomic E-state index is 13.5. The first kappa shape index (κ1) is 19.9. The normalized spacial score (nSPS) is 12.5. The van der Waals surface area contributed by atoms with Crippen molar-refractivity contribution in [3.8, 4) is 0 Å². The summed E-state index contributed by atoms with van der Waals surface area (Å²) in [7, 11) is 1.71. The number of aryl methyl sites for hydroxylation is 1. The molecule has 1 heterocycles. The Balaban J connectivity index is 1.70. The molecular formula is C19H25FN4OS. The molecule has 0 bridgehead atoms. The lowest BCUT2D eigenvalue weighted by Crippen LogP contribution is -2.42. The second-order valence-corrected chi connectivity index (χ2v) is 6.84. The fourth-order valence-electron chi connectivity index (χ4n) is 2.34. The number of carbonyl (C=O) groups is 1. The van der Waals surface area contributed by atoms with Gasteiger partial charge in [-0.25, -0.2) is 4.39 Å². The van der Waals surface area contributed by atoms with E-state index in [0.717, 1.165) is 6.54 Å². The van der Waals surface area contributed by atoms with E-state index in [0.29, 0.717) is 36.1 Å². The molecule has 1 atom stereocenters. The Morgan fingerprint density at radius 1 is 1.23 bits per heavy atom. The molecule has 7 heteroatoms. The van der Waals surface area contributed by atoms with Gasteiger partial charge in [-0.15, -0.1) is 0 Å². The molecule has 2 rings (SSSR count). The summed E-state index contributed by atoms with van der Waals surface area (Å²) in [4.78, 5) is 16.2. The van der Waals surface area contributed by atoms with Gasteiger partial charge in [-0.1, -0.05) is 13.0 Å². The average Bonchev–Trinajstić information content (AvgIpc) is 3.17. The minimum absolute atomic E-state index is 0.292. The van der Waals surface area contributed by atoms with Gasteiger partial charge in [0.25, 0.3) is 5.91 Å². The van der Waals surface area contributed by atoms with Crippen LogP contribution in [0.4, 0.5) is 4.39 Å². The first-order chi connectivity index (χ1) is 12.5. The zero-order valence-corrected chi connectivity index (χ0v) is 16.1. The van der Waals surface area contributed by atoms with Crippen molar-refractivity contribution in [3.05, 3.63) is 57.5 Å². The predicted octanol–water partition coefficient (Wildman–Crippen LogP) is 2.89. The number of nitrogens with one attached hydrogen (secondary N) is 3. The van der Waals surface area contributed by atoms with Crippen LogP contribution in [-0.2, 0) is 0 Å². The lowest BCUT2D eigenvalue weighted by atomic mass is 10.1. The van der Waals surface area contributed by atoms with Crippen molar-refractivity contribution in [1.29, 1.82) is 0 Å². The number of guanidine groups is 1. The monoisotopic (exact) mass is 376 g/mol. The van der Waals surface area contributed by atoms with Gasteiger partial charge >= 0.3 is 0 Å². The van der Waals surface area contributed by atoms with E-state index in [1.807, 2.05) is 0 Å². The Morgan fingerprint density at radius 3 is 2.65 bits per heavy atom. The maximum atomic E-state index is 13.5. The Labute approximate surface area is 157 Å². The number of hydrogen-bond donors (Lipinski definition) is 3. The summed E-state index contributed by atoms with van der Waals surface area (Å²) in [6.45, 7) is 5.52. The van der Waals surface area contributed by atoms with E-state index in [1.54, 1.807) is 37.4 Å². The first-order valence-corrected chi connectivity index (χ1v) is 9.46. The number of amides is 1. The Bertz CT molecular complexity index is 746. The molecule has 1 amide bonds. The van der Waals surface area contributed by atoms with E-state index < -0.39 is 0 Å². The summed E-state index contributed by atoms with van der Waals surface area (Å²) >= 11 is 1.69. The first-order valence-electron chi connectivity index (χ1n) is 8.52. The largest absolute Gasteiger partial charge is 0.356 e. The second kappa shape index (κ2) is 9.91. The van der Waals surface area contributed by atoms with E-state index in [4.69, 9.17) is 0 Å². The molecule has 5 nitrogen and oxygen atoms in total. The molecule has 0 aliphatic rings. The van der Waals surface area contributed by atoms with Crippen LogP contribution in [0.5, 0.6) is 0 Å². The standard InChI is InChI=1S/C19H25FN4OS/c1-13-4-5-15(10-17(13)20)18(25)22-7-8-23-19(21-3)24-11-14(2)16-6-9-26-12-16/h4-6,9-10,12,14H,7-8,11H2,1-3H3,(H,22,25)(H2,21,23,24). The third-order valence-electron chi connectivity index (χ3n) is 4.05. The molecule has 2 aromatic rings. The van der Waals surface area contributed by atoms with Gasteiger partial charge in [-0.3, -0.25) is 9.79 Å². The molecule has 0 saturated heterocycles. The van der Waals surface area contributed by atoms with Gasteiger partial charge in [0.1, 0.15) is 5.82 Å². The number of carbonyl (C=O) groups excluding carboxylic acids is 1. The van der Waals surface area contributed by atoms with E-state index >= 15 is 0 Å². The maximum Gasteiger partial charge on any atom is 0.251 e. The quantitative estimate of drug-likeness (QED) is 0.395. The van der Waals surface area contributed by atoms with Crippen LogP contribution in [0.25, 0.3) is 0 Å². The highest BCUT2D eigenvalue weighted by atomic mass is 32.1. The van der Waals surface area contributed by atoms with Crippen LogP contribution in [0.1, 0.15) is 34.3 Å². The molecule has 3 N–H and O–H groups in total. The van der Waals surface area contributed by atoms with Gasteiger partial charge < -0.3 is 16.0 Å². The zero-order chi connectivity index (χ0) is 18.9. The second-order valence-electron chi connectivity index (χ2n) is 6.06. The minimum atomic E-state index is -0.375. The lowest BCUT2D eigenvalue weighted by molar-refractivity contribution is 0.0954. The predicted molar refractivity (Wildman–Crippen MR) is 106 cm³/mol. The number of halogens is 1. The highest BCUT2D eigenvalue weighted by Gasteiger charge is 2.09. The van der Waals surface area contributed by atoms with Crippen LogP contribution < -0.4 is 16.0 Å². The smallest absolute Gasteiger partial charge is 0.251 e. The fraction of sp³-hybridized carbons (Fsp3) is 0.368. The van der Waals surface area contributed by atoms with Crippen LogP contribution in [0, 0.1) is 12.7 Å². The number of thiophene rings is 1. The van der Waals surface area contributed by atoms with Crippen molar-refractivity contribution in [2.24, 2.45) is 4.99 Å². The summed E-state index contributed by atoms with van der Waals surface area (Å²) in [5, 5.41) is 13.4.